The van der Waals surface area contributed by atoms with Gasteiger partial charge >= 0.3 is 6.36 Å². The second-order valence-corrected chi connectivity index (χ2v) is 4.87. The second-order valence-electron chi connectivity index (χ2n) is 4.02. The molecule has 0 fully saturated rings. The molecule has 112 valence electrons. The molecule has 0 heterocycles. The average molecular weight is 362 g/mol. The van der Waals surface area contributed by atoms with Crippen LogP contribution in [0.1, 0.15) is 5.56 Å². The Morgan fingerprint density at radius 2 is 1.57 bits per heavy atom. The molecule has 0 bridgehead atoms. The van der Waals surface area contributed by atoms with Gasteiger partial charge in [-0.3, -0.25) is 0 Å². The Bertz CT molecular complexity index is 632. The number of halogens is 4. The first kappa shape index (κ1) is 15.7. The largest absolute Gasteiger partial charge is 0.573 e. The highest BCUT2D eigenvalue weighted by Gasteiger charge is 2.32. The summed E-state index contributed by atoms with van der Waals surface area (Å²) in [6.45, 7) is 0.180. The van der Waals surface area contributed by atoms with Crippen molar-refractivity contribution < 1.29 is 22.6 Å². The first-order chi connectivity index (χ1) is 9.90. The topological polar surface area (TPSA) is 44.5 Å². The van der Waals surface area contributed by atoms with Gasteiger partial charge in [-0.1, -0.05) is 34.1 Å². The van der Waals surface area contributed by atoms with E-state index in [4.69, 9.17) is 10.5 Å². The highest BCUT2D eigenvalue weighted by molar-refractivity contribution is 9.10. The van der Waals surface area contributed by atoms with Crippen LogP contribution < -0.4 is 15.2 Å². The highest BCUT2D eigenvalue weighted by Crippen LogP contribution is 2.37. The molecule has 0 amide bonds. The molecule has 2 aromatic carbocycles. The molecule has 0 aliphatic heterocycles. The van der Waals surface area contributed by atoms with Crippen molar-refractivity contribution in [1.82, 2.24) is 0 Å². The summed E-state index contributed by atoms with van der Waals surface area (Å²) in [6.07, 6.45) is -4.78. The van der Waals surface area contributed by atoms with E-state index in [1.807, 2.05) is 0 Å². The van der Waals surface area contributed by atoms with Crippen LogP contribution >= 0.6 is 15.9 Å². The number of rotatable bonds is 4. The molecule has 21 heavy (non-hydrogen) atoms. The fourth-order valence-corrected chi connectivity index (χ4v) is 2.20. The van der Waals surface area contributed by atoms with Crippen molar-refractivity contribution in [2.75, 3.05) is 0 Å². The zero-order valence-corrected chi connectivity index (χ0v) is 12.2. The van der Waals surface area contributed by atoms with E-state index in [9.17, 15) is 13.2 Å². The van der Waals surface area contributed by atoms with E-state index < -0.39 is 12.1 Å². The van der Waals surface area contributed by atoms with Crippen LogP contribution in [0.15, 0.2) is 46.9 Å². The SMILES string of the molecule is NCc1c(Br)cccc1Oc1ccccc1OC(F)(F)F. The zero-order chi connectivity index (χ0) is 15.5. The third kappa shape index (κ3) is 4.12. The van der Waals surface area contributed by atoms with Gasteiger partial charge in [0.05, 0.1) is 0 Å². The van der Waals surface area contributed by atoms with Crippen LogP contribution in [0, 0.1) is 0 Å². The first-order valence-corrected chi connectivity index (χ1v) is 6.70. The van der Waals surface area contributed by atoms with Gasteiger partial charge in [0.2, 0.25) is 0 Å². The molecule has 2 rings (SSSR count). The molecule has 7 heteroatoms. The summed E-state index contributed by atoms with van der Waals surface area (Å²) in [5, 5.41) is 0. The lowest BCUT2D eigenvalue weighted by atomic mass is 10.2. The number of nitrogens with two attached hydrogens (primary N) is 1. The summed E-state index contributed by atoms with van der Waals surface area (Å²) in [5.41, 5.74) is 6.28. The van der Waals surface area contributed by atoms with Gasteiger partial charge < -0.3 is 15.2 Å². The Morgan fingerprint density at radius 1 is 0.952 bits per heavy atom. The molecular weight excluding hydrogens is 351 g/mol. The Labute approximate surface area is 127 Å². The maximum absolute atomic E-state index is 12.4. The summed E-state index contributed by atoms with van der Waals surface area (Å²) in [6, 6.07) is 10.7. The van der Waals surface area contributed by atoms with Crippen molar-refractivity contribution in [2.24, 2.45) is 5.73 Å². The predicted molar refractivity (Wildman–Crippen MR) is 75.2 cm³/mol. The summed E-state index contributed by atoms with van der Waals surface area (Å²) < 4.78 is 47.3. The first-order valence-electron chi connectivity index (χ1n) is 5.91. The lowest BCUT2D eigenvalue weighted by molar-refractivity contribution is -0.275. The second kappa shape index (κ2) is 6.36. The molecule has 0 aromatic heterocycles. The van der Waals surface area contributed by atoms with Crippen molar-refractivity contribution >= 4 is 15.9 Å². The van der Waals surface area contributed by atoms with E-state index in [2.05, 4.69) is 20.7 Å². The number of hydrogen-bond acceptors (Lipinski definition) is 3. The van der Waals surface area contributed by atoms with Gasteiger partial charge in [0.25, 0.3) is 0 Å². The highest BCUT2D eigenvalue weighted by atomic mass is 79.9. The van der Waals surface area contributed by atoms with Crippen LogP contribution in [0.25, 0.3) is 0 Å². The van der Waals surface area contributed by atoms with Gasteiger partial charge in [0, 0.05) is 16.6 Å². The standard InChI is InChI=1S/C14H11BrF3NO2/c15-10-4-3-7-11(9(10)8-19)20-12-5-1-2-6-13(12)21-14(16,17)18/h1-7H,8,19H2. The quantitative estimate of drug-likeness (QED) is 0.865. The molecule has 0 spiro atoms. The zero-order valence-electron chi connectivity index (χ0n) is 10.7. The summed E-state index contributed by atoms with van der Waals surface area (Å²) in [4.78, 5) is 0. The van der Waals surface area contributed by atoms with Crippen LogP contribution in [0.5, 0.6) is 17.2 Å². The van der Waals surface area contributed by atoms with Gasteiger partial charge in [-0.2, -0.15) is 0 Å². The lowest BCUT2D eigenvalue weighted by Crippen LogP contribution is -2.17. The maximum atomic E-state index is 12.4. The fraction of sp³-hybridized carbons (Fsp3) is 0.143. The van der Waals surface area contributed by atoms with Crippen molar-refractivity contribution in [2.45, 2.75) is 12.9 Å². The number of alkyl halides is 3. The fourth-order valence-electron chi connectivity index (χ4n) is 1.69. The molecular formula is C14H11BrF3NO2. The number of benzene rings is 2. The third-order valence-electron chi connectivity index (χ3n) is 2.57. The molecule has 0 saturated heterocycles. The Morgan fingerprint density at radius 3 is 2.19 bits per heavy atom. The Kier molecular flexibility index (Phi) is 4.74. The molecule has 0 aliphatic rings. The van der Waals surface area contributed by atoms with E-state index in [0.29, 0.717) is 11.3 Å². The summed E-state index contributed by atoms with van der Waals surface area (Å²) in [5.74, 6) is -0.0827. The van der Waals surface area contributed by atoms with Crippen molar-refractivity contribution in [3.63, 3.8) is 0 Å². The number of ether oxygens (including phenoxy) is 2. The average Bonchev–Trinajstić information content (AvgIpc) is 2.40. The predicted octanol–water partition coefficient (Wildman–Crippen LogP) is 4.60. The summed E-state index contributed by atoms with van der Waals surface area (Å²) >= 11 is 3.32. The van der Waals surface area contributed by atoms with Crippen LogP contribution in [-0.2, 0) is 6.54 Å². The smallest absolute Gasteiger partial charge is 0.453 e. The molecule has 0 saturated carbocycles. The van der Waals surface area contributed by atoms with E-state index in [0.717, 1.165) is 4.47 Å². The Balaban J connectivity index is 2.34. The van der Waals surface area contributed by atoms with E-state index in [1.54, 1.807) is 24.3 Å². The Hall–Kier alpha value is -1.73. The molecule has 2 aromatic rings. The molecule has 0 unspecified atom stereocenters. The van der Waals surface area contributed by atoms with E-state index in [1.165, 1.54) is 18.2 Å². The molecule has 3 nitrogen and oxygen atoms in total. The third-order valence-corrected chi connectivity index (χ3v) is 3.32. The normalized spacial score (nSPS) is 11.3. The van der Waals surface area contributed by atoms with Crippen LogP contribution in [0.2, 0.25) is 0 Å². The van der Waals surface area contributed by atoms with Crippen LogP contribution in [0.3, 0.4) is 0 Å². The molecule has 0 atom stereocenters. The maximum Gasteiger partial charge on any atom is 0.573 e. The van der Waals surface area contributed by atoms with E-state index in [-0.39, 0.29) is 12.3 Å². The van der Waals surface area contributed by atoms with Gasteiger partial charge in [0.15, 0.2) is 11.5 Å². The van der Waals surface area contributed by atoms with Gasteiger partial charge in [0.1, 0.15) is 5.75 Å². The van der Waals surface area contributed by atoms with Crippen LogP contribution in [-0.4, -0.2) is 6.36 Å². The minimum absolute atomic E-state index is 0.0392. The minimum Gasteiger partial charge on any atom is -0.453 e. The summed E-state index contributed by atoms with van der Waals surface area (Å²) in [7, 11) is 0. The van der Waals surface area contributed by atoms with Crippen molar-refractivity contribution in [3.05, 3.63) is 52.5 Å². The van der Waals surface area contributed by atoms with E-state index >= 15 is 0 Å². The lowest BCUT2D eigenvalue weighted by Gasteiger charge is -2.15. The number of hydrogen-bond donors (Lipinski definition) is 1. The minimum atomic E-state index is -4.78. The monoisotopic (exact) mass is 361 g/mol. The van der Waals surface area contributed by atoms with Gasteiger partial charge in [-0.25, -0.2) is 0 Å². The van der Waals surface area contributed by atoms with Crippen LogP contribution in [0.4, 0.5) is 13.2 Å². The van der Waals surface area contributed by atoms with Gasteiger partial charge in [-0.15, -0.1) is 13.2 Å². The molecule has 0 aliphatic carbocycles. The molecule has 2 N–H and O–H groups in total. The van der Waals surface area contributed by atoms with Crippen molar-refractivity contribution in [1.29, 1.82) is 0 Å². The molecule has 0 radical (unpaired) electrons. The van der Waals surface area contributed by atoms with Crippen molar-refractivity contribution in [3.8, 4) is 17.2 Å². The van der Waals surface area contributed by atoms with Gasteiger partial charge in [-0.05, 0) is 24.3 Å². The number of para-hydroxylation sites is 2.